The lowest BCUT2D eigenvalue weighted by Gasteiger charge is -2.16. The first-order chi connectivity index (χ1) is 9.06. The van der Waals surface area contributed by atoms with Crippen LogP contribution in [0.25, 0.3) is 0 Å². The van der Waals surface area contributed by atoms with Crippen LogP contribution in [0.1, 0.15) is 49.4 Å². The Hall–Kier alpha value is -0.610. The van der Waals surface area contributed by atoms with Gasteiger partial charge in [-0.2, -0.15) is 0 Å². The molecular weight excluding hydrogens is 328 g/mol. The molecule has 1 aliphatic carbocycles. The van der Waals surface area contributed by atoms with Crippen molar-refractivity contribution in [3.05, 3.63) is 27.5 Å². The highest BCUT2D eigenvalue weighted by molar-refractivity contribution is 9.10. The van der Waals surface area contributed by atoms with Crippen LogP contribution in [0.15, 0.2) is 16.7 Å². The molecule has 0 spiro atoms. The molecule has 2 rings (SSSR count). The number of hydrogen-bond acceptors (Lipinski definition) is 2. The van der Waals surface area contributed by atoms with E-state index in [1.165, 1.54) is 19.3 Å². The highest BCUT2D eigenvalue weighted by Crippen LogP contribution is 2.23. The van der Waals surface area contributed by atoms with Gasteiger partial charge < -0.3 is 5.32 Å². The fourth-order valence-electron chi connectivity index (χ4n) is 2.48. The van der Waals surface area contributed by atoms with Crippen molar-refractivity contribution < 1.29 is 4.79 Å². The van der Waals surface area contributed by atoms with Crippen LogP contribution < -0.4 is 5.32 Å². The van der Waals surface area contributed by atoms with Gasteiger partial charge in [0.1, 0.15) is 5.15 Å². The van der Waals surface area contributed by atoms with E-state index in [2.05, 4.69) is 33.2 Å². The lowest BCUT2D eigenvalue weighted by Crippen LogP contribution is -2.34. The van der Waals surface area contributed by atoms with Gasteiger partial charge in [-0.1, -0.05) is 31.4 Å². The number of amides is 1. The number of rotatable bonds is 2. The summed E-state index contributed by atoms with van der Waals surface area (Å²) in [5.74, 6) is 0.636. The molecule has 3 nitrogen and oxygen atoms in total. The number of pyridine rings is 1. The molecule has 2 atom stereocenters. The van der Waals surface area contributed by atoms with E-state index < -0.39 is 0 Å². The van der Waals surface area contributed by atoms with Gasteiger partial charge in [-0.25, -0.2) is 4.98 Å². The van der Waals surface area contributed by atoms with Crippen molar-refractivity contribution in [3.63, 3.8) is 0 Å². The Morgan fingerprint density at radius 3 is 3.00 bits per heavy atom. The van der Waals surface area contributed by atoms with Gasteiger partial charge in [-0.05, 0) is 47.2 Å². The summed E-state index contributed by atoms with van der Waals surface area (Å²) in [5.41, 5.74) is 0.438. The van der Waals surface area contributed by atoms with Gasteiger partial charge in [-0.15, -0.1) is 0 Å². The van der Waals surface area contributed by atoms with E-state index in [4.69, 9.17) is 11.6 Å². The second-order valence-corrected chi connectivity index (χ2v) is 6.55. The molecule has 2 unspecified atom stereocenters. The molecule has 0 radical (unpaired) electrons. The maximum atomic E-state index is 12.2. The van der Waals surface area contributed by atoms with Crippen LogP contribution in [0.3, 0.4) is 0 Å². The average Bonchev–Trinajstić information content (AvgIpc) is 2.57. The number of halogens is 2. The van der Waals surface area contributed by atoms with Crippen LogP contribution in [0.2, 0.25) is 5.15 Å². The van der Waals surface area contributed by atoms with Gasteiger partial charge in [0.25, 0.3) is 5.91 Å². The van der Waals surface area contributed by atoms with E-state index in [-0.39, 0.29) is 17.1 Å². The molecule has 1 amide bonds. The van der Waals surface area contributed by atoms with Gasteiger partial charge in [-0.3, -0.25) is 4.79 Å². The lowest BCUT2D eigenvalue weighted by atomic mass is 10.0. The molecule has 0 aromatic carbocycles. The topological polar surface area (TPSA) is 42.0 Å². The molecule has 19 heavy (non-hydrogen) atoms. The first-order valence-corrected chi connectivity index (χ1v) is 7.85. The number of carbonyl (C=O) groups is 1. The molecule has 1 aromatic rings. The summed E-state index contributed by atoms with van der Waals surface area (Å²) in [7, 11) is 0. The molecule has 1 heterocycles. The minimum Gasteiger partial charge on any atom is -0.349 e. The predicted octanol–water partition coefficient (Wildman–Crippen LogP) is 4.20. The van der Waals surface area contributed by atoms with E-state index >= 15 is 0 Å². The van der Waals surface area contributed by atoms with Crippen molar-refractivity contribution >= 4 is 33.4 Å². The van der Waals surface area contributed by atoms with Crippen molar-refractivity contribution in [2.45, 2.75) is 45.1 Å². The van der Waals surface area contributed by atoms with Gasteiger partial charge in [0.05, 0.1) is 5.56 Å². The van der Waals surface area contributed by atoms with Gasteiger partial charge in [0.15, 0.2) is 0 Å². The molecule has 1 fully saturated rings. The highest BCUT2D eigenvalue weighted by Gasteiger charge is 2.20. The maximum Gasteiger partial charge on any atom is 0.254 e. The third kappa shape index (κ3) is 4.18. The minimum atomic E-state index is -0.127. The Morgan fingerprint density at radius 2 is 2.21 bits per heavy atom. The van der Waals surface area contributed by atoms with Crippen LogP contribution in [-0.4, -0.2) is 16.9 Å². The molecular formula is C14H18BrClN2O. The minimum absolute atomic E-state index is 0.127. The first-order valence-electron chi connectivity index (χ1n) is 6.68. The number of nitrogens with one attached hydrogen (secondary N) is 1. The maximum absolute atomic E-state index is 12.2. The molecule has 104 valence electrons. The van der Waals surface area contributed by atoms with E-state index in [0.29, 0.717) is 5.56 Å². The number of nitrogens with zero attached hydrogens (tertiary/aromatic N) is 1. The molecule has 1 saturated carbocycles. The van der Waals surface area contributed by atoms with E-state index in [9.17, 15) is 4.79 Å². The zero-order chi connectivity index (χ0) is 13.8. The van der Waals surface area contributed by atoms with Crippen molar-refractivity contribution in [1.82, 2.24) is 10.3 Å². The summed E-state index contributed by atoms with van der Waals surface area (Å²) in [6.45, 7) is 2.28. The normalized spacial score (nSPS) is 23.7. The Morgan fingerprint density at radius 1 is 1.42 bits per heavy atom. The van der Waals surface area contributed by atoms with Crippen LogP contribution in [0, 0.1) is 5.92 Å². The SMILES string of the molecule is CC1CCCC(NC(=O)c2cc(Br)cnc2Cl)CC1. The molecule has 1 aliphatic rings. The van der Waals surface area contributed by atoms with Gasteiger partial charge in [0.2, 0.25) is 0 Å². The van der Waals surface area contributed by atoms with Gasteiger partial charge >= 0.3 is 0 Å². The molecule has 0 bridgehead atoms. The monoisotopic (exact) mass is 344 g/mol. The largest absolute Gasteiger partial charge is 0.349 e. The smallest absolute Gasteiger partial charge is 0.254 e. The van der Waals surface area contributed by atoms with Crippen molar-refractivity contribution in [3.8, 4) is 0 Å². The van der Waals surface area contributed by atoms with Crippen molar-refractivity contribution in [2.24, 2.45) is 5.92 Å². The fraction of sp³-hybridized carbons (Fsp3) is 0.571. The van der Waals surface area contributed by atoms with Crippen LogP contribution >= 0.6 is 27.5 Å². The molecule has 0 saturated heterocycles. The van der Waals surface area contributed by atoms with E-state index in [1.807, 2.05) is 0 Å². The van der Waals surface area contributed by atoms with E-state index in [0.717, 1.165) is 23.2 Å². The lowest BCUT2D eigenvalue weighted by molar-refractivity contribution is 0.0933. The third-order valence-corrected chi connectivity index (χ3v) is 4.38. The Balaban J connectivity index is 2.02. The summed E-state index contributed by atoms with van der Waals surface area (Å²) in [6.07, 6.45) is 7.30. The summed E-state index contributed by atoms with van der Waals surface area (Å²) < 4.78 is 0.761. The standard InChI is InChI=1S/C14H18BrClN2O/c1-9-3-2-4-11(6-5-9)18-14(19)12-7-10(15)8-17-13(12)16/h7-9,11H,2-6H2,1H3,(H,18,19). The fourth-order valence-corrected chi connectivity index (χ4v) is 3.00. The Kier molecular flexibility index (Phi) is 5.22. The molecule has 5 heteroatoms. The highest BCUT2D eigenvalue weighted by atomic mass is 79.9. The second-order valence-electron chi connectivity index (χ2n) is 5.28. The zero-order valence-electron chi connectivity index (χ0n) is 11.0. The summed E-state index contributed by atoms with van der Waals surface area (Å²) in [6, 6.07) is 1.97. The van der Waals surface area contributed by atoms with Crippen LogP contribution in [-0.2, 0) is 0 Å². The molecule has 1 aromatic heterocycles. The Bertz CT molecular complexity index is 467. The first kappa shape index (κ1) is 14.8. The number of hydrogen-bond donors (Lipinski definition) is 1. The Labute approximate surface area is 127 Å². The van der Waals surface area contributed by atoms with Crippen molar-refractivity contribution in [1.29, 1.82) is 0 Å². The van der Waals surface area contributed by atoms with E-state index in [1.54, 1.807) is 12.3 Å². The number of aromatic nitrogens is 1. The molecule has 1 N–H and O–H groups in total. The van der Waals surface area contributed by atoms with Crippen molar-refractivity contribution in [2.75, 3.05) is 0 Å². The quantitative estimate of drug-likeness (QED) is 0.645. The summed E-state index contributed by atoms with van der Waals surface area (Å²) in [5, 5.41) is 3.33. The van der Waals surface area contributed by atoms with Crippen LogP contribution in [0.5, 0.6) is 0 Å². The summed E-state index contributed by atoms with van der Waals surface area (Å²) in [4.78, 5) is 16.2. The molecule has 0 aliphatic heterocycles. The predicted molar refractivity (Wildman–Crippen MR) is 80.5 cm³/mol. The number of carbonyl (C=O) groups excluding carboxylic acids is 1. The van der Waals surface area contributed by atoms with Crippen LogP contribution in [0.4, 0.5) is 0 Å². The average molecular weight is 346 g/mol. The second kappa shape index (κ2) is 6.71. The third-order valence-electron chi connectivity index (χ3n) is 3.64. The van der Waals surface area contributed by atoms with Gasteiger partial charge in [0, 0.05) is 16.7 Å². The summed E-state index contributed by atoms with van der Waals surface area (Å²) >= 11 is 9.28. The zero-order valence-corrected chi connectivity index (χ0v) is 13.3.